The van der Waals surface area contributed by atoms with E-state index in [9.17, 15) is 22.8 Å². The molecule has 1 aliphatic rings. The van der Waals surface area contributed by atoms with Gasteiger partial charge in [-0.15, -0.1) is 0 Å². The molecule has 9 nitrogen and oxygen atoms in total. The number of aromatic nitrogens is 6. The van der Waals surface area contributed by atoms with Crippen molar-refractivity contribution in [1.82, 2.24) is 29.5 Å². The number of aryl methyl sites for hydroxylation is 2. The Morgan fingerprint density at radius 3 is 2.56 bits per heavy atom. The molecule has 5 rings (SSSR count). The van der Waals surface area contributed by atoms with E-state index in [1.807, 2.05) is 19.1 Å². The van der Waals surface area contributed by atoms with Gasteiger partial charge in [0.1, 0.15) is 23.3 Å². The highest BCUT2D eigenvalue weighted by atomic mass is 19.4. The van der Waals surface area contributed by atoms with Crippen molar-refractivity contribution in [2.45, 2.75) is 38.3 Å². The zero-order valence-electron chi connectivity index (χ0n) is 18.1. The number of carbonyl (C=O) groups excluding carboxylic acids is 1. The molecule has 0 bridgehead atoms. The van der Waals surface area contributed by atoms with E-state index < -0.39 is 35.9 Å². The van der Waals surface area contributed by atoms with Crippen molar-refractivity contribution in [1.29, 1.82) is 0 Å². The van der Waals surface area contributed by atoms with E-state index in [4.69, 9.17) is 0 Å². The lowest BCUT2D eigenvalue weighted by atomic mass is 9.78. The van der Waals surface area contributed by atoms with Crippen molar-refractivity contribution in [3.8, 4) is 11.5 Å². The van der Waals surface area contributed by atoms with Gasteiger partial charge in [-0.3, -0.25) is 9.59 Å². The molecule has 12 heteroatoms. The highest BCUT2D eigenvalue weighted by Gasteiger charge is 2.47. The van der Waals surface area contributed by atoms with Crippen LogP contribution in [-0.2, 0) is 16.6 Å². The number of fused-ring (bicyclic) bond motifs is 2. The summed E-state index contributed by atoms with van der Waals surface area (Å²) in [6.07, 6.45) is -3.29. The number of alkyl halides is 3. The zero-order chi connectivity index (χ0) is 24.3. The van der Waals surface area contributed by atoms with Crippen molar-refractivity contribution in [3.63, 3.8) is 0 Å². The molecule has 0 fully saturated rings. The van der Waals surface area contributed by atoms with Gasteiger partial charge in [-0.1, -0.05) is 29.8 Å². The summed E-state index contributed by atoms with van der Waals surface area (Å²) in [7, 11) is 0. The number of amides is 1. The van der Waals surface area contributed by atoms with Crippen LogP contribution in [0.3, 0.4) is 0 Å². The summed E-state index contributed by atoms with van der Waals surface area (Å²) in [5.41, 5.74) is 0.302. The summed E-state index contributed by atoms with van der Waals surface area (Å²) in [6.45, 7) is 3.56. The number of aromatic amines is 1. The van der Waals surface area contributed by atoms with Gasteiger partial charge < -0.3 is 10.3 Å². The quantitative estimate of drug-likeness (QED) is 0.475. The molecule has 4 aromatic rings. The highest BCUT2D eigenvalue weighted by Crippen LogP contribution is 2.40. The van der Waals surface area contributed by atoms with Crippen LogP contribution in [0, 0.1) is 6.92 Å². The fraction of sp³-hybridized carbons (Fsp3) is 0.273. The van der Waals surface area contributed by atoms with Gasteiger partial charge in [-0.25, -0.2) is 19.5 Å². The van der Waals surface area contributed by atoms with Crippen molar-refractivity contribution >= 4 is 17.4 Å². The lowest BCUT2D eigenvalue weighted by molar-refractivity contribution is -0.134. The lowest BCUT2D eigenvalue weighted by Gasteiger charge is -2.21. The average molecular weight is 469 g/mol. The fourth-order valence-electron chi connectivity index (χ4n) is 4.09. The number of nitrogens with one attached hydrogen (secondary N) is 2. The molecule has 0 spiro atoms. The first-order chi connectivity index (χ1) is 16.1. The van der Waals surface area contributed by atoms with Gasteiger partial charge >= 0.3 is 6.18 Å². The fourth-order valence-corrected chi connectivity index (χ4v) is 4.09. The number of H-pyrrole nitrogens is 1. The minimum Gasteiger partial charge on any atom is -0.309 e. The Kier molecular flexibility index (Phi) is 4.78. The van der Waals surface area contributed by atoms with Gasteiger partial charge in [0, 0.05) is 12.8 Å². The molecule has 2 N–H and O–H groups in total. The van der Waals surface area contributed by atoms with Crippen LogP contribution in [0.5, 0.6) is 0 Å². The molecule has 0 radical (unpaired) electrons. The summed E-state index contributed by atoms with van der Waals surface area (Å²) in [5.74, 6) is -0.348. The third-order valence-electron chi connectivity index (χ3n) is 5.95. The van der Waals surface area contributed by atoms with Gasteiger partial charge in [0.05, 0.1) is 17.5 Å². The highest BCUT2D eigenvalue weighted by molar-refractivity contribution is 6.07. The van der Waals surface area contributed by atoms with Gasteiger partial charge in [0.15, 0.2) is 11.5 Å². The number of carbonyl (C=O) groups is 1. The Morgan fingerprint density at radius 2 is 1.85 bits per heavy atom. The molecular formula is C22H18F3N7O2. The van der Waals surface area contributed by atoms with Crippen LogP contribution in [0.1, 0.15) is 35.7 Å². The largest absolute Gasteiger partial charge is 0.389 e. The second-order valence-electron chi connectivity index (χ2n) is 8.30. The monoisotopic (exact) mass is 469 g/mol. The maximum absolute atomic E-state index is 13.2. The average Bonchev–Trinajstić information content (AvgIpc) is 3.35. The third kappa shape index (κ3) is 3.51. The molecule has 1 aromatic carbocycles. The Morgan fingerprint density at radius 1 is 1.12 bits per heavy atom. The van der Waals surface area contributed by atoms with Crippen LogP contribution in [0.4, 0.5) is 19.0 Å². The smallest absolute Gasteiger partial charge is 0.309 e. The number of benzene rings is 1. The van der Waals surface area contributed by atoms with Gasteiger partial charge in [-0.05, 0) is 19.4 Å². The van der Waals surface area contributed by atoms with Crippen molar-refractivity contribution in [2.75, 3.05) is 5.32 Å². The molecule has 1 unspecified atom stereocenters. The summed E-state index contributed by atoms with van der Waals surface area (Å²) in [5, 5.41) is 6.64. The number of rotatable bonds is 4. The molecule has 0 saturated carbocycles. The molecule has 174 valence electrons. The van der Waals surface area contributed by atoms with E-state index in [2.05, 4.69) is 30.4 Å². The van der Waals surface area contributed by atoms with E-state index in [1.54, 1.807) is 19.1 Å². The number of hydrogen-bond donors (Lipinski definition) is 2. The zero-order valence-corrected chi connectivity index (χ0v) is 18.1. The molecule has 1 aliphatic heterocycles. The Balaban J connectivity index is 1.61. The van der Waals surface area contributed by atoms with Crippen LogP contribution in [0.25, 0.3) is 17.2 Å². The number of hydrogen-bond acceptors (Lipinski definition) is 6. The SMILES string of the molecule is Cc1ccc(C2(C)C(=O)Nc3nc(-c4cn5ncnc5c(CCC(F)(F)F)n4)[nH]c(=O)c32)cc1. The predicted molar refractivity (Wildman–Crippen MR) is 115 cm³/mol. The molecule has 3 aromatic heterocycles. The van der Waals surface area contributed by atoms with Crippen molar-refractivity contribution in [3.05, 3.63) is 69.5 Å². The number of nitrogens with zero attached hydrogens (tertiary/aromatic N) is 5. The Hall–Kier alpha value is -4.09. The first-order valence-electron chi connectivity index (χ1n) is 10.4. The molecule has 4 heterocycles. The van der Waals surface area contributed by atoms with Crippen LogP contribution < -0.4 is 10.9 Å². The van der Waals surface area contributed by atoms with E-state index in [0.717, 1.165) is 5.56 Å². The second-order valence-corrected chi connectivity index (χ2v) is 8.30. The van der Waals surface area contributed by atoms with Crippen LogP contribution in [0.2, 0.25) is 0 Å². The minimum atomic E-state index is -4.38. The van der Waals surface area contributed by atoms with Gasteiger partial charge in [0.25, 0.3) is 5.56 Å². The van der Waals surface area contributed by atoms with Gasteiger partial charge in [0.2, 0.25) is 5.91 Å². The molecule has 0 aliphatic carbocycles. The Labute approximate surface area is 190 Å². The van der Waals surface area contributed by atoms with Crippen LogP contribution in [0.15, 0.2) is 41.6 Å². The minimum absolute atomic E-state index is 0.0112. The summed E-state index contributed by atoms with van der Waals surface area (Å²) >= 11 is 0. The first-order valence-corrected chi connectivity index (χ1v) is 10.4. The standard InChI is InChI=1S/C22H18F3N7O2/c1-11-3-5-12(6-4-11)21(2)15-17(31-20(21)34)29-16(30-19(15)33)14-9-32-18(26-10-27-32)13(28-14)7-8-22(23,24)25/h3-6,9-10H,7-8H2,1-2H3,(H2,29,30,31,33,34). The third-order valence-corrected chi connectivity index (χ3v) is 5.95. The van der Waals surface area contributed by atoms with Crippen molar-refractivity contribution < 1.29 is 18.0 Å². The van der Waals surface area contributed by atoms with E-state index in [0.29, 0.717) is 5.56 Å². The second kappa shape index (κ2) is 7.47. The van der Waals surface area contributed by atoms with Crippen LogP contribution >= 0.6 is 0 Å². The summed E-state index contributed by atoms with van der Waals surface area (Å²) in [6, 6.07) is 7.26. The molecule has 1 atom stereocenters. The predicted octanol–water partition coefficient (Wildman–Crippen LogP) is 2.94. The maximum Gasteiger partial charge on any atom is 0.389 e. The first kappa shape index (κ1) is 21.7. The number of anilines is 1. The molecule has 1 amide bonds. The van der Waals surface area contributed by atoms with Crippen LogP contribution in [-0.4, -0.2) is 41.6 Å². The van der Waals surface area contributed by atoms with E-state index in [-0.39, 0.29) is 34.2 Å². The molecular weight excluding hydrogens is 451 g/mol. The summed E-state index contributed by atoms with van der Waals surface area (Å²) in [4.78, 5) is 41.4. The normalized spacial score (nSPS) is 17.7. The Bertz CT molecular complexity index is 1490. The topological polar surface area (TPSA) is 118 Å². The van der Waals surface area contributed by atoms with Gasteiger partial charge in [-0.2, -0.15) is 18.3 Å². The van der Waals surface area contributed by atoms with Crippen molar-refractivity contribution in [2.24, 2.45) is 0 Å². The lowest BCUT2D eigenvalue weighted by Crippen LogP contribution is -2.36. The molecule has 34 heavy (non-hydrogen) atoms. The summed E-state index contributed by atoms with van der Waals surface area (Å²) < 4.78 is 39.7. The maximum atomic E-state index is 13.2. The molecule has 0 saturated heterocycles. The number of halogens is 3. The van der Waals surface area contributed by atoms with E-state index >= 15 is 0 Å². The van der Waals surface area contributed by atoms with E-state index in [1.165, 1.54) is 17.0 Å².